The molecule has 19 heavy (non-hydrogen) atoms. The standard InChI is InChI=1S/C15H15ClN2O/c16-13-9-5-4-8-12(13)10-18-15(19)14(17)11-6-2-1-3-7-11/h1-9,14H,10,17H2,(H,18,19)/t14-/m0/s1. The van der Waals surface area contributed by atoms with E-state index < -0.39 is 6.04 Å². The van der Waals surface area contributed by atoms with Gasteiger partial charge in [0.2, 0.25) is 5.91 Å². The van der Waals surface area contributed by atoms with Gasteiger partial charge in [-0.3, -0.25) is 4.79 Å². The fourth-order valence-electron chi connectivity index (χ4n) is 1.75. The normalized spacial score (nSPS) is 11.9. The summed E-state index contributed by atoms with van der Waals surface area (Å²) < 4.78 is 0. The fourth-order valence-corrected chi connectivity index (χ4v) is 1.95. The molecule has 0 bridgehead atoms. The summed E-state index contributed by atoms with van der Waals surface area (Å²) >= 11 is 6.02. The largest absolute Gasteiger partial charge is 0.350 e. The minimum Gasteiger partial charge on any atom is -0.350 e. The van der Waals surface area contributed by atoms with E-state index in [-0.39, 0.29) is 5.91 Å². The van der Waals surface area contributed by atoms with Crippen LogP contribution in [0.3, 0.4) is 0 Å². The summed E-state index contributed by atoms with van der Waals surface area (Å²) in [6, 6.07) is 16.0. The Kier molecular flexibility index (Phi) is 4.55. The summed E-state index contributed by atoms with van der Waals surface area (Å²) in [5, 5.41) is 3.42. The van der Waals surface area contributed by atoms with Gasteiger partial charge in [-0.2, -0.15) is 0 Å². The number of hydrogen-bond acceptors (Lipinski definition) is 2. The first kappa shape index (κ1) is 13.6. The number of rotatable bonds is 4. The molecule has 1 atom stereocenters. The molecule has 0 aliphatic heterocycles. The molecule has 0 saturated carbocycles. The number of hydrogen-bond donors (Lipinski definition) is 2. The molecule has 0 aromatic heterocycles. The van der Waals surface area contributed by atoms with Crippen LogP contribution in [0.5, 0.6) is 0 Å². The summed E-state index contributed by atoms with van der Waals surface area (Å²) in [5.74, 6) is -0.217. The summed E-state index contributed by atoms with van der Waals surface area (Å²) in [6.45, 7) is 0.374. The summed E-state index contributed by atoms with van der Waals surface area (Å²) in [5.41, 5.74) is 7.56. The first-order valence-corrected chi connectivity index (χ1v) is 6.38. The summed E-state index contributed by atoms with van der Waals surface area (Å²) in [6.07, 6.45) is 0. The number of benzene rings is 2. The minimum atomic E-state index is -0.663. The highest BCUT2D eigenvalue weighted by atomic mass is 35.5. The van der Waals surface area contributed by atoms with Gasteiger partial charge in [-0.25, -0.2) is 0 Å². The quantitative estimate of drug-likeness (QED) is 0.901. The molecule has 0 aliphatic rings. The van der Waals surface area contributed by atoms with Crippen LogP contribution in [-0.4, -0.2) is 5.91 Å². The average Bonchev–Trinajstić information content (AvgIpc) is 2.46. The molecular weight excluding hydrogens is 260 g/mol. The van der Waals surface area contributed by atoms with Crippen LogP contribution >= 0.6 is 11.6 Å². The Morgan fingerprint density at radius 2 is 1.74 bits per heavy atom. The van der Waals surface area contributed by atoms with E-state index in [9.17, 15) is 4.79 Å². The number of carbonyl (C=O) groups is 1. The van der Waals surface area contributed by atoms with Crippen LogP contribution in [-0.2, 0) is 11.3 Å². The lowest BCUT2D eigenvalue weighted by molar-refractivity contribution is -0.122. The molecule has 0 unspecified atom stereocenters. The van der Waals surface area contributed by atoms with E-state index in [0.717, 1.165) is 11.1 Å². The molecule has 3 N–H and O–H groups in total. The van der Waals surface area contributed by atoms with E-state index in [2.05, 4.69) is 5.32 Å². The fraction of sp³-hybridized carbons (Fsp3) is 0.133. The second-order valence-corrected chi connectivity index (χ2v) is 4.60. The zero-order valence-electron chi connectivity index (χ0n) is 10.3. The van der Waals surface area contributed by atoms with E-state index in [1.165, 1.54) is 0 Å². The Morgan fingerprint density at radius 1 is 1.11 bits per heavy atom. The highest BCUT2D eigenvalue weighted by molar-refractivity contribution is 6.31. The maximum Gasteiger partial charge on any atom is 0.241 e. The van der Waals surface area contributed by atoms with Gasteiger partial charge in [-0.1, -0.05) is 60.1 Å². The van der Waals surface area contributed by atoms with Crippen molar-refractivity contribution in [2.45, 2.75) is 12.6 Å². The van der Waals surface area contributed by atoms with Crippen LogP contribution in [0.15, 0.2) is 54.6 Å². The van der Waals surface area contributed by atoms with E-state index in [1.807, 2.05) is 48.5 Å². The first-order chi connectivity index (χ1) is 9.18. The minimum absolute atomic E-state index is 0.217. The van der Waals surface area contributed by atoms with E-state index in [4.69, 9.17) is 17.3 Å². The molecule has 0 aliphatic carbocycles. The van der Waals surface area contributed by atoms with Gasteiger partial charge < -0.3 is 11.1 Å². The highest BCUT2D eigenvalue weighted by Gasteiger charge is 2.15. The second kappa shape index (κ2) is 6.36. The van der Waals surface area contributed by atoms with Gasteiger partial charge in [0.05, 0.1) is 0 Å². The smallest absolute Gasteiger partial charge is 0.241 e. The third-order valence-electron chi connectivity index (χ3n) is 2.85. The summed E-state index contributed by atoms with van der Waals surface area (Å²) in [4.78, 5) is 11.9. The molecule has 3 nitrogen and oxygen atoms in total. The Labute approximate surface area is 117 Å². The van der Waals surface area contributed by atoms with Crippen molar-refractivity contribution in [1.29, 1.82) is 0 Å². The lowest BCUT2D eigenvalue weighted by Crippen LogP contribution is -2.33. The topological polar surface area (TPSA) is 55.1 Å². The molecule has 2 rings (SSSR count). The van der Waals surface area contributed by atoms with Crippen molar-refractivity contribution in [3.63, 3.8) is 0 Å². The number of amides is 1. The van der Waals surface area contributed by atoms with Crippen LogP contribution in [0.4, 0.5) is 0 Å². The molecule has 0 heterocycles. The number of carbonyl (C=O) groups excluding carboxylic acids is 1. The van der Waals surface area contributed by atoms with Crippen molar-refractivity contribution in [2.24, 2.45) is 5.73 Å². The molecule has 4 heteroatoms. The van der Waals surface area contributed by atoms with Crippen molar-refractivity contribution >= 4 is 17.5 Å². The zero-order chi connectivity index (χ0) is 13.7. The van der Waals surface area contributed by atoms with Crippen LogP contribution in [0.2, 0.25) is 5.02 Å². The first-order valence-electron chi connectivity index (χ1n) is 6.00. The molecule has 2 aromatic rings. The Hall–Kier alpha value is -1.84. The van der Waals surface area contributed by atoms with Gasteiger partial charge in [-0.05, 0) is 17.2 Å². The molecule has 98 valence electrons. The average molecular weight is 275 g/mol. The Morgan fingerprint density at radius 3 is 2.42 bits per heavy atom. The lowest BCUT2D eigenvalue weighted by atomic mass is 10.1. The van der Waals surface area contributed by atoms with E-state index in [1.54, 1.807) is 6.07 Å². The van der Waals surface area contributed by atoms with Gasteiger partial charge in [0, 0.05) is 11.6 Å². The highest BCUT2D eigenvalue weighted by Crippen LogP contribution is 2.15. The van der Waals surface area contributed by atoms with Crippen molar-refractivity contribution in [1.82, 2.24) is 5.32 Å². The monoisotopic (exact) mass is 274 g/mol. The maximum atomic E-state index is 11.9. The van der Waals surface area contributed by atoms with Gasteiger partial charge >= 0.3 is 0 Å². The molecule has 0 saturated heterocycles. The summed E-state index contributed by atoms with van der Waals surface area (Å²) in [7, 11) is 0. The number of halogens is 1. The van der Waals surface area contributed by atoms with Crippen molar-refractivity contribution in [3.05, 3.63) is 70.7 Å². The molecule has 0 radical (unpaired) electrons. The van der Waals surface area contributed by atoms with Crippen LogP contribution in [0, 0.1) is 0 Å². The van der Waals surface area contributed by atoms with Gasteiger partial charge in [0.15, 0.2) is 0 Å². The van der Waals surface area contributed by atoms with Crippen LogP contribution in [0.25, 0.3) is 0 Å². The second-order valence-electron chi connectivity index (χ2n) is 4.20. The number of nitrogens with two attached hydrogens (primary N) is 1. The predicted molar refractivity (Wildman–Crippen MR) is 76.7 cm³/mol. The zero-order valence-corrected chi connectivity index (χ0v) is 11.1. The molecule has 2 aromatic carbocycles. The predicted octanol–water partition coefficient (Wildman–Crippen LogP) is 2.66. The number of nitrogens with one attached hydrogen (secondary N) is 1. The molecule has 0 spiro atoms. The van der Waals surface area contributed by atoms with Crippen molar-refractivity contribution in [2.75, 3.05) is 0 Å². The van der Waals surface area contributed by atoms with Gasteiger partial charge in [0.1, 0.15) is 6.04 Å². The molecule has 0 fully saturated rings. The van der Waals surface area contributed by atoms with Crippen molar-refractivity contribution in [3.8, 4) is 0 Å². The maximum absolute atomic E-state index is 11.9. The molecular formula is C15H15ClN2O. The Bertz CT molecular complexity index is 557. The van der Waals surface area contributed by atoms with Gasteiger partial charge in [-0.15, -0.1) is 0 Å². The van der Waals surface area contributed by atoms with Crippen molar-refractivity contribution < 1.29 is 4.79 Å². The molecule has 1 amide bonds. The van der Waals surface area contributed by atoms with Gasteiger partial charge in [0.25, 0.3) is 0 Å². The van der Waals surface area contributed by atoms with Crippen LogP contribution < -0.4 is 11.1 Å². The SMILES string of the molecule is N[C@H](C(=O)NCc1ccccc1Cl)c1ccccc1. The third kappa shape index (κ3) is 3.56. The van der Waals surface area contributed by atoms with E-state index >= 15 is 0 Å². The van der Waals surface area contributed by atoms with E-state index in [0.29, 0.717) is 11.6 Å². The third-order valence-corrected chi connectivity index (χ3v) is 3.22. The Balaban J connectivity index is 1.97. The lowest BCUT2D eigenvalue weighted by Gasteiger charge is -2.13. The van der Waals surface area contributed by atoms with Crippen LogP contribution in [0.1, 0.15) is 17.2 Å².